The van der Waals surface area contributed by atoms with Crippen LogP contribution in [0.5, 0.6) is 0 Å². The number of nitrogens with zero attached hydrogens (tertiary/aromatic N) is 3. The summed E-state index contributed by atoms with van der Waals surface area (Å²) in [6.07, 6.45) is 0.963. The maximum absolute atomic E-state index is 12.1. The van der Waals surface area contributed by atoms with Crippen molar-refractivity contribution in [3.05, 3.63) is 0 Å². The van der Waals surface area contributed by atoms with Crippen LogP contribution in [0.2, 0.25) is 0 Å². The molecule has 142 valence electrons. The van der Waals surface area contributed by atoms with Crippen molar-refractivity contribution in [2.45, 2.75) is 31.9 Å². The Morgan fingerprint density at radius 3 is 2.67 bits per heavy atom. The molecule has 0 aromatic rings. The highest BCUT2D eigenvalue weighted by Crippen LogP contribution is 2.23. The highest BCUT2D eigenvalue weighted by molar-refractivity contribution is 7.92. The van der Waals surface area contributed by atoms with E-state index in [-0.39, 0.29) is 5.75 Å². The quantitative estimate of drug-likeness (QED) is 0.383. The molecule has 7 nitrogen and oxygen atoms in total. The summed E-state index contributed by atoms with van der Waals surface area (Å²) in [5.74, 6) is 1.00. The van der Waals surface area contributed by atoms with Gasteiger partial charge >= 0.3 is 0 Å². The van der Waals surface area contributed by atoms with Crippen LogP contribution in [0.15, 0.2) is 4.99 Å². The maximum atomic E-state index is 12.1. The van der Waals surface area contributed by atoms with Crippen LogP contribution in [-0.4, -0.2) is 94.7 Å². The Balaban J connectivity index is 2.57. The highest BCUT2D eigenvalue weighted by atomic mass is 32.2. The van der Waals surface area contributed by atoms with Crippen LogP contribution in [0.1, 0.15) is 27.2 Å². The number of sulfone groups is 1. The van der Waals surface area contributed by atoms with E-state index in [1.807, 2.05) is 6.92 Å². The molecule has 0 bridgehead atoms. The molecule has 1 N–H and O–H groups in total. The summed E-state index contributed by atoms with van der Waals surface area (Å²) < 4.78 is 28.6. The van der Waals surface area contributed by atoms with Gasteiger partial charge in [-0.25, -0.2) is 8.42 Å². The lowest BCUT2D eigenvalue weighted by Crippen LogP contribution is -2.57. The van der Waals surface area contributed by atoms with Crippen molar-refractivity contribution in [2.75, 3.05) is 65.8 Å². The molecule has 1 aliphatic heterocycles. The number of rotatable bonds is 8. The average molecular weight is 363 g/mol. The molecule has 0 spiro atoms. The number of methoxy groups -OCH3 is 1. The minimum absolute atomic E-state index is 0.185. The Bertz CT molecular complexity index is 505. The number of hydrogen-bond donors (Lipinski definition) is 1. The van der Waals surface area contributed by atoms with E-state index in [2.05, 4.69) is 27.2 Å². The first-order chi connectivity index (χ1) is 11.2. The van der Waals surface area contributed by atoms with Crippen LogP contribution in [0.25, 0.3) is 0 Å². The lowest BCUT2D eigenvalue weighted by Gasteiger charge is -2.39. The van der Waals surface area contributed by atoms with Crippen molar-refractivity contribution < 1.29 is 13.2 Å². The van der Waals surface area contributed by atoms with Crippen LogP contribution >= 0.6 is 0 Å². The largest absolute Gasteiger partial charge is 0.383 e. The van der Waals surface area contributed by atoms with E-state index >= 15 is 0 Å². The molecule has 1 heterocycles. The Morgan fingerprint density at radius 1 is 1.38 bits per heavy atom. The summed E-state index contributed by atoms with van der Waals surface area (Å²) in [7, 11) is 0.754. The van der Waals surface area contributed by atoms with Crippen LogP contribution in [0.3, 0.4) is 0 Å². The first-order valence-electron chi connectivity index (χ1n) is 8.66. The van der Waals surface area contributed by atoms with E-state index in [1.54, 1.807) is 21.0 Å². The summed E-state index contributed by atoms with van der Waals surface area (Å²) in [5.41, 5.74) is 0. The number of ether oxygens (including phenoxy) is 1. The fraction of sp³-hybridized carbons (Fsp3) is 0.938. The molecule has 0 aliphatic carbocycles. The standard InChI is InChI=1S/C16H34N4O3S/c1-6-17-15(18-8-7-9-19(4)10-12-23-5)20-11-13-24(21,22)16(2,3)14-20/h6-14H2,1-5H3,(H,17,18). The second-order valence-corrected chi connectivity index (χ2v) is 9.63. The predicted octanol–water partition coefficient (Wildman–Crippen LogP) is 0.429. The van der Waals surface area contributed by atoms with Crippen molar-refractivity contribution in [1.29, 1.82) is 0 Å². The van der Waals surface area contributed by atoms with E-state index in [0.29, 0.717) is 13.1 Å². The topological polar surface area (TPSA) is 74.2 Å². The van der Waals surface area contributed by atoms with E-state index < -0.39 is 14.6 Å². The summed E-state index contributed by atoms with van der Waals surface area (Å²) in [5, 5.41) is 3.29. The van der Waals surface area contributed by atoms with Crippen molar-refractivity contribution in [1.82, 2.24) is 15.1 Å². The van der Waals surface area contributed by atoms with Crippen molar-refractivity contribution >= 4 is 15.8 Å². The van der Waals surface area contributed by atoms with E-state index in [0.717, 1.165) is 45.2 Å². The van der Waals surface area contributed by atoms with E-state index in [9.17, 15) is 8.42 Å². The zero-order valence-corrected chi connectivity index (χ0v) is 16.7. The van der Waals surface area contributed by atoms with Gasteiger partial charge in [-0.15, -0.1) is 0 Å². The monoisotopic (exact) mass is 362 g/mol. The molecule has 0 amide bonds. The van der Waals surface area contributed by atoms with Gasteiger partial charge < -0.3 is 19.9 Å². The number of nitrogens with one attached hydrogen (secondary N) is 1. The number of aliphatic imine (C=N–C) groups is 1. The Kier molecular flexibility index (Phi) is 8.45. The Hall–Kier alpha value is -0.860. The zero-order chi connectivity index (χ0) is 18.2. The first-order valence-corrected chi connectivity index (χ1v) is 10.3. The van der Waals surface area contributed by atoms with Crippen molar-refractivity contribution in [3.8, 4) is 0 Å². The molecule has 8 heteroatoms. The third-order valence-electron chi connectivity index (χ3n) is 4.31. The SMILES string of the molecule is CCNC(=NCCCN(C)CCOC)N1CCS(=O)(=O)C(C)(C)C1. The Labute approximate surface area is 147 Å². The number of likely N-dealkylation sites (N-methyl/N-ethyl adjacent to an activating group) is 1. The molecule has 1 saturated heterocycles. The zero-order valence-electron chi connectivity index (χ0n) is 15.8. The predicted molar refractivity (Wildman–Crippen MR) is 99.4 cm³/mol. The molecule has 24 heavy (non-hydrogen) atoms. The van der Waals surface area contributed by atoms with Gasteiger partial charge in [0.05, 0.1) is 17.1 Å². The third-order valence-corrected chi connectivity index (χ3v) is 6.85. The molecule has 1 rings (SSSR count). The van der Waals surface area contributed by atoms with Crippen molar-refractivity contribution in [2.24, 2.45) is 4.99 Å². The molecule has 1 aliphatic rings. The number of hydrogen-bond acceptors (Lipinski definition) is 5. The molecule has 1 fully saturated rings. The molecular weight excluding hydrogens is 328 g/mol. The average Bonchev–Trinajstić information content (AvgIpc) is 2.51. The number of guanidine groups is 1. The molecule has 0 radical (unpaired) electrons. The van der Waals surface area contributed by atoms with Gasteiger partial charge in [0.25, 0.3) is 0 Å². The molecular formula is C16H34N4O3S. The second-order valence-electron chi connectivity index (χ2n) is 6.89. The minimum Gasteiger partial charge on any atom is -0.383 e. The van der Waals surface area contributed by atoms with Gasteiger partial charge in [-0.05, 0) is 40.8 Å². The highest BCUT2D eigenvalue weighted by Gasteiger charge is 2.40. The second kappa shape index (κ2) is 9.58. The summed E-state index contributed by atoms with van der Waals surface area (Å²) in [6, 6.07) is 0. The van der Waals surface area contributed by atoms with Gasteiger partial charge in [0.15, 0.2) is 15.8 Å². The first kappa shape index (κ1) is 21.2. The lowest BCUT2D eigenvalue weighted by atomic mass is 10.2. The Morgan fingerprint density at radius 2 is 2.08 bits per heavy atom. The van der Waals surface area contributed by atoms with E-state index in [1.165, 1.54) is 0 Å². The summed E-state index contributed by atoms with van der Waals surface area (Å²) in [4.78, 5) is 8.97. The smallest absolute Gasteiger partial charge is 0.193 e. The van der Waals surface area contributed by atoms with Crippen LogP contribution in [0.4, 0.5) is 0 Å². The van der Waals surface area contributed by atoms with Gasteiger partial charge in [-0.2, -0.15) is 0 Å². The van der Waals surface area contributed by atoms with E-state index in [4.69, 9.17) is 4.74 Å². The molecule has 0 aromatic carbocycles. The third kappa shape index (κ3) is 6.22. The summed E-state index contributed by atoms with van der Waals surface area (Å²) in [6.45, 7) is 10.7. The van der Waals surface area contributed by atoms with Gasteiger partial charge in [-0.1, -0.05) is 0 Å². The summed E-state index contributed by atoms with van der Waals surface area (Å²) >= 11 is 0. The van der Waals surface area contributed by atoms with Crippen LogP contribution in [-0.2, 0) is 14.6 Å². The molecule has 0 saturated carbocycles. The lowest BCUT2D eigenvalue weighted by molar-refractivity contribution is 0.161. The normalized spacial score (nSPS) is 20.4. The fourth-order valence-corrected chi connectivity index (χ4v) is 4.00. The van der Waals surface area contributed by atoms with Gasteiger partial charge in [0.1, 0.15) is 0 Å². The molecule has 0 atom stereocenters. The maximum Gasteiger partial charge on any atom is 0.193 e. The minimum atomic E-state index is -3.03. The molecule has 0 aromatic heterocycles. The van der Waals surface area contributed by atoms with Crippen LogP contribution < -0.4 is 5.32 Å². The van der Waals surface area contributed by atoms with Crippen molar-refractivity contribution in [3.63, 3.8) is 0 Å². The van der Waals surface area contributed by atoms with Gasteiger partial charge in [0.2, 0.25) is 0 Å². The van der Waals surface area contributed by atoms with Gasteiger partial charge in [-0.3, -0.25) is 4.99 Å². The molecule has 0 unspecified atom stereocenters. The fourth-order valence-electron chi connectivity index (χ4n) is 2.63. The van der Waals surface area contributed by atoms with Gasteiger partial charge in [0, 0.05) is 39.8 Å². The van der Waals surface area contributed by atoms with Crippen LogP contribution in [0, 0.1) is 0 Å².